The molecule has 0 aliphatic carbocycles. The van der Waals surface area contributed by atoms with Gasteiger partial charge in [-0.1, -0.05) is 42.5 Å². The summed E-state index contributed by atoms with van der Waals surface area (Å²) in [6.45, 7) is 0.549. The van der Waals surface area contributed by atoms with Crippen molar-refractivity contribution in [2.24, 2.45) is 0 Å². The molecule has 4 rings (SSSR count). The Morgan fingerprint density at radius 3 is 2.43 bits per heavy atom. The lowest BCUT2D eigenvalue weighted by Gasteiger charge is -2.20. The van der Waals surface area contributed by atoms with Crippen LogP contribution in [0, 0.1) is 0 Å². The van der Waals surface area contributed by atoms with Gasteiger partial charge in [0, 0.05) is 5.70 Å². The third kappa shape index (κ3) is 1.96. The van der Waals surface area contributed by atoms with E-state index in [0.717, 1.165) is 28.2 Å². The number of anilines is 2. The van der Waals surface area contributed by atoms with Crippen molar-refractivity contribution >= 4 is 17.3 Å². The molecule has 0 unspecified atom stereocenters. The van der Waals surface area contributed by atoms with E-state index in [9.17, 15) is 4.79 Å². The van der Waals surface area contributed by atoms with Gasteiger partial charge in [0.05, 0.1) is 29.5 Å². The maximum atomic E-state index is 12.2. The van der Waals surface area contributed by atoms with Crippen LogP contribution in [0.3, 0.4) is 0 Å². The van der Waals surface area contributed by atoms with Gasteiger partial charge in [-0.15, -0.1) is 0 Å². The van der Waals surface area contributed by atoms with Crippen molar-refractivity contribution in [3.8, 4) is 0 Å². The first-order chi connectivity index (χ1) is 10.3. The van der Waals surface area contributed by atoms with Crippen molar-refractivity contribution in [3.05, 3.63) is 71.4 Å². The molecule has 1 atom stereocenters. The van der Waals surface area contributed by atoms with Crippen molar-refractivity contribution in [2.75, 3.05) is 17.2 Å². The number of nitrogens with one attached hydrogen (secondary N) is 3. The summed E-state index contributed by atoms with van der Waals surface area (Å²) in [6.07, 6.45) is 0. The van der Waals surface area contributed by atoms with Crippen LogP contribution in [0.2, 0.25) is 0 Å². The minimum Gasteiger partial charge on any atom is -0.372 e. The van der Waals surface area contributed by atoms with Gasteiger partial charge in [-0.25, -0.2) is 0 Å². The van der Waals surface area contributed by atoms with Gasteiger partial charge in [0.15, 0.2) is 0 Å². The zero-order valence-corrected chi connectivity index (χ0v) is 11.4. The van der Waals surface area contributed by atoms with Gasteiger partial charge in [-0.05, 0) is 17.7 Å². The number of hydrogen-bond acceptors (Lipinski definition) is 3. The molecule has 2 aliphatic rings. The molecular weight excluding hydrogens is 262 g/mol. The van der Waals surface area contributed by atoms with Gasteiger partial charge in [0.2, 0.25) is 0 Å². The highest BCUT2D eigenvalue weighted by atomic mass is 16.2. The highest BCUT2D eigenvalue weighted by molar-refractivity contribution is 6.00. The van der Waals surface area contributed by atoms with Crippen LogP contribution >= 0.6 is 0 Å². The predicted molar refractivity (Wildman–Crippen MR) is 82.9 cm³/mol. The number of amides is 1. The van der Waals surface area contributed by atoms with Gasteiger partial charge >= 0.3 is 0 Å². The maximum absolute atomic E-state index is 12.2. The molecule has 2 aromatic rings. The fraction of sp³-hybridized carbons (Fsp3) is 0.118. The van der Waals surface area contributed by atoms with Gasteiger partial charge in [0.25, 0.3) is 5.91 Å². The average molecular weight is 277 g/mol. The minimum absolute atomic E-state index is 0.00772. The highest BCUT2D eigenvalue weighted by Gasteiger charge is 2.33. The van der Waals surface area contributed by atoms with E-state index in [1.54, 1.807) is 0 Å². The summed E-state index contributed by atoms with van der Waals surface area (Å²) in [6, 6.07) is 17.9. The van der Waals surface area contributed by atoms with Crippen LogP contribution in [-0.2, 0) is 4.79 Å². The molecule has 0 bridgehead atoms. The Bertz CT molecular complexity index is 737. The number of fused-ring (bicyclic) bond motifs is 1. The molecular formula is C17H15N3O. The summed E-state index contributed by atoms with van der Waals surface area (Å²) in [7, 11) is 0. The highest BCUT2D eigenvalue weighted by Crippen LogP contribution is 2.37. The number of para-hydroxylation sites is 2. The Labute approximate surface area is 122 Å². The molecule has 4 heteroatoms. The van der Waals surface area contributed by atoms with E-state index in [0.29, 0.717) is 6.54 Å². The van der Waals surface area contributed by atoms with Crippen molar-refractivity contribution in [1.29, 1.82) is 0 Å². The quantitative estimate of drug-likeness (QED) is 0.751. The largest absolute Gasteiger partial charge is 0.372 e. The fourth-order valence-electron chi connectivity index (χ4n) is 2.92. The number of hydrogen-bond donors (Lipinski definition) is 3. The molecule has 0 saturated carbocycles. The molecule has 2 aliphatic heterocycles. The Hall–Kier alpha value is -2.75. The van der Waals surface area contributed by atoms with Crippen LogP contribution in [0.25, 0.3) is 0 Å². The van der Waals surface area contributed by atoms with E-state index in [2.05, 4.69) is 16.0 Å². The van der Waals surface area contributed by atoms with Gasteiger partial charge in [0.1, 0.15) is 0 Å². The van der Waals surface area contributed by atoms with Crippen LogP contribution in [-0.4, -0.2) is 12.5 Å². The second kappa shape index (κ2) is 4.66. The molecule has 0 saturated heterocycles. The third-order valence-corrected chi connectivity index (χ3v) is 3.93. The van der Waals surface area contributed by atoms with E-state index < -0.39 is 0 Å². The number of rotatable bonds is 1. The van der Waals surface area contributed by atoms with E-state index in [1.807, 2.05) is 54.6 Å². The second-order valence-corrected chi connectivity index (χ2v) is 5.23. The molecule has 104 valence electrons. The van der Waals surface area contributed by atoms with E-state index in [-0.39, 0.29) is 11.9 Å². The molecule has 21 heavy (non-hydrogen) atoms. The maximum Gasteiger partial charge on any atom is 0.251 e. The second-order valence-electron chi connectivity index (χ2n) is 5.23. The normalized spacial score (nSPS) is 19.8. The number of carbonyl (C=O) groups excluding carboxylic acids is 1. The molecule has 0 radical (unpaired) electrons. The van der Waals surface area contributed by atoms with E-state index in [4.69, 9.17) is 0 Å². The molecule has 2 aromatic carbocycles. The first-order valence-corrected chi connectivity index (χ1v) is 7.02. The van der Waals surface area contributed by atoms with Crippen LogP contribution in [0.1, 0.15) is 11.6 Å². The lowest BCUT2D eigenvalue weighted by molar-refractivity contribution is -0.116. The number of carbonyl (C=O) groups is 1. The lowest BCUT2D eigenvalue weighted by Crippen LogP contribution is -2.23. The van der Waals surface area contributed by atoms with Crippen molar-refractivity contribution in [1.82, 2.24) is 5.32 Å². The predicted octanol–water partition coefficient (Wildman–Crippen LogP) is 2.65. The topological polar surface area (TPSA) is 53.2 Å². The minimum atomic E-state index is -0.139. The summed E-state index contributed by atoms with van der Waals surface area (Å²) < 4.78 is 0. The molecule has 0 aromatic heterocycles. The summed E-state index contributed by atoms with van der Waals surface area (Å²) in [5.41, 5.74) is 4.82. The SMILES string of the molecule is O=C1NCC2=C1[C@@H](c1ccccc1)Nc1ccccc1N2. The zero-order chi connectivity index (χ0) is 14.2. The molecule has 4 nitrogen and oxygen atoms in total. The van der Waals surface area contributed by atoms with Gasteiger partial charge in [-0.2, -0.15) is 0 Å². The molecule has 2 heterocycles. The Morgan fingerprint density at radius 1 is 0.905 bits per heavy atom. The van der Waals surface area contributed by atoms with Gasteiger partial charge < -0.3 is 16.0 Å². The van der Waals surface area contributed by atoms with E-state index >= 15 is 0 Å². The molecule has 1 amide bonds. The third-order valence-electron chi connectivity index (χ3n) is 3.93. The van der Waals surface area contributed by atoms with Gasteiger partial charge in [-0.3, -0.25) is 4.79 Å². The molecule has 0 spiro atoms. The summed E-state index contributed by atoms with van der Waals surface area (Å²) in [4.78, 5) is 12.2. The standard InChI is InChI=1S/C17H15N3O/c21-17-15-14(10-18-17)19-12-8-4-5-9-13(12)20-16(15)11-6-2-1-3-7-11/h1-9,16,19-20H,10H2,(H,18,21)/t16-/m1/s1. The van der Waals surface area contributed by atoms with E-state index in [1.165, 1.54) is 0 Å². The van der Waals surface area contributed by atoms with Crippen molar-refractivity contribution in [2.45, 2.75) is 6.04 Å². The molecule has 3 N–H and O–H groups in total. The summed E-state index contributed by atoms with van der Waals surface area (Å²) in [5.74, 6) is -0.00772. The average Bonchev–Trinajstić information content (AvgIpc) is 2.80. The Balaban J connectivity index is 1.87. The fourth-order valence-corrected chi connectivity index (χ4v) is 2.92. The zero-order valence-electron chi connectivity index (χ0n) is 11.4. The Kier molecular flexibility index (Phi) is 2.67. The monoisotopic (exact) mass is 277 g/mol. The van der Waals surface area contributed by atoms with Crippen LogP contribution < -0.4 is 16.0 Å². The first kappa shape index (κ1) is 12.0. The van der Waals surface area contributed by atoms with Crippen LogP contribution in [0.5, 0.6) is 0 Å². The van der Waals surface area contributed by atoms with Crippen LogP contribution in [0.15, 0.2) is 65.9 Å². The van der Waals surface area contributed by atoms with Crippen LogP contribution in [0.4, 0.5) is 11.4 Å². The molecule has 0 fully saturated rings. The number of benzene rings is 2. The first-order valence-electron chi connectivity index (χ1n) is 7.02. The Morgan fingerprint density at radius 2 is 1.62 bits per heavy atom. The van der Waals surface area contributed by atoms with Crippen molar-refractivity contribution in [3.63, 3.8) is 0 Å². The smallest absolute Gasteiger partial charge is 0.251 e. The summed E-state index contributed by atoms with van der Waals surface area (Å²) >= 11 is 0. The van der Waals surface area contributed by atoms with Crippen molar-refractivity contribution < 1.29 is 4.79 Å². The lowest BCUT2D eigenvalue weighted by atomic mass is 9.98. The summed E-state index contributed by atoms with van der Waals surface area (Å²) in [5, 5.41) is 9.79.